The van der Waals surface area contributed by atoms with Crippen LogP contribution in [0.5, 0.6) is 5.75 Å². The molecule has 0 aliphatic heterocycles. The number of nitrogen functional groups attached to an aromatic ring is 1. The first-order valence-corrected chi connectivity index (χ1v) is 7.27. The van der Waals surface area contributed by atoms with Crippen LogP contribution in [0.4, 0.5) is 5.69 Å². The Morgan fingerprint density at radius 3 is 2.67 bits per heavy atom. The molecule has 0 heterocycles. The zero-order valence-electron chi connectivity index (χ0n) is 12.6. The maximum atomic E-state index is 6.07. The Bertz CT molecular complexity index is 615. The summed E-state index contributed by atoms with van der Waals surface area (Å²) in [5.74, 6) is 0.856. The van der Waals surface area contributed by atoms with E-state index in [2.05, 4.69) is 24.9 Å². The fourth-order valence-electron chi connectivity index (χ4n) is 2.35. The summed E-state index contributed by atoms with van der Waals surface area (Å²) in [7, 11) is 3.75. The maximum Gasteiger partial charge on any atom is 0.123 e. The molecule has 0 spiro atoms. The minimum atomic E-state index is 0.245. The lowest BCUT2D eigenvalue weighted by molar-refractivity contribution is 0.249. The molecule has 2 N–H and O–H groups in total. The summed E-state index contributed by atoms with van der Waals surface area (Å²) in [6.45, 7) is 2.91. The SMILES string of the molecule is COc1ccc(N)cc1CN(C)C(C)c1cccc(Cl)c1. The zero-order chi connectivity index (χ0) is 15.4. The van der Waals surface area contributed by atoms with E-state index in [1.165, 1.54) is 5.56 Å². The van der Waals surface area contributed by atoms with Gasteiger partial charge in [0, 0.05) is 28.9 Å². The second-order valence-electron chi connectivity index (χ2n) is 5.22. The molecule has 3 nitrogen and oxygen atoms in total. The number of hydrogen-bond donors (Lipinski definition) is 1. The smallest absolute Gasteiger partial charge is 0.123 e. The third kappa shape index (κ3) is 3.90. The Labute approximate surface area is 131 Å². The van der Waals surface area contributed by atoms with Crippen LogP contribution in [0.25, 0.3) is 0 Å². The molecule has 0 saturated heterocycles. The standard InChI is InChI=1S/C17H21ClN2O/c1-12(13-5-4-6-15(18)9-13)20(2)11-14-10-16(19)7-8-17(14)21-3/h4-10,12H,11,19H2,1-3H3. The van der Waals surface area contributed by atoms with E-state index in [0.29, 0.717) is 0 Å². The van der Waals surface area contributed by atoms with E-state index in [0.717, 1.165) is 28.6 Å². The predicted molar refractivity (Wildman–Crippen MR) is 88.7 cm³/mol. The number of ether oxygens (including phenoxy) is 1. The summed E-state index contributed by atoms with van der Waals surface area (Å²) in [4.78, 5) is 2.24. The van der Waals surface area contributed by atoms with E-state index >= 15 is 0 Å². The largest absolute Gasteiger partial charge is 0.496 e. The van der Waals surface area contributed by atoms with Crippen molar-refractivity contribution in [3.8, 4) is 5.75 Å². The number of anilines is 1. The summed E-state index contributed by atoms with van der Waals surface area (Å²) >= 11 is 6.07. The second-order valence-corrected chi connectivity index (χ2v) is 5.65. The Morgan fingerprint density at radius 1 is 1.24 bits per heavy atom. The van der Waals surface area contributed by atoms with Gasteiger partial charge in [-0.05, 0) is 49.9 Å². The molecule has 0 aliphatic carbocycles. The fourth-order valence-corrected chi connectivity index (χ4v) is 2.55. The molecule has 0 radical (unpaired) electrons. The highest BCUT2D eigenvalue weighted by molar-refractivity contribution is 6.30. The first-order chi connectivity index (χ1) is 10.0. The van der Waals surface area contributed by atoms with Gasteiger partial charge in [0.25, 0.3) is 0 Å². The van der Waals surface area contributed by atoms with Gasteiger partial charge in [-0.2, -0.15) is 0 Å². The first kappa shape index (κ1) is 15.7. The molecule has 2 aromatic rings. The van der Waals surface area contributed by atoms with E-state index in [9.17, 15) is 0 Å². The highest BCUT2D eigenvalue weighted by Gasteiger charge is 2.14. The maximum absolute atomic E-state index is 6.07. The third-order valence-corrected chi connectivity index (χ3v) is 3.95. The van der Waals surface area contributed by atoms with Crippen molar-refractivity contribution < 1.29 is 4.74 Å². The minimum absolute atomic E-state index is 0.245. The summed E-state index contributed by atoms with van der Waals surface area (Å²) in [6, 6.07) is 13.9. The van der Waals surface area contributed by atoms with Crippen LogP contribution in [0, 0.1) is 0 Å². The van der Waals surface area contributed by atoms with Crippen molar-refractivity contribution in [2.45, 2.75) is 19.5 Å². The minimum Gasteiger partial charge on any atom is -0.496 e. The topological polar surface area (TPSA) is 38.5 Å². The van der Waals surface area contributed by atoms with Crippen molar-refractivity contribution in [1.82, 2.24) is 4.90 Å². The van der Waals surface area contributed by atoms with E-state index in [1.807, 2.05) is 36.4 Å². The highest BCUT2D eigenvalue weighted by Crippen LogP contribution is 2.27. The molecule has 1 unspecified atom stereocenters. The van der Waals surface area contributed by atoms with Crippen molar-refractivity contribution in [2.24, 2.45) is 0 Å². The molecule has 0 aromatic heterocycles. The Kier molecular flexibility index (Phi) is 5.10. The van der Waals surface area contributed by atoms with Crippen molar-refractivity contribution in [1.29, 1.82) is 0 Å². The molecular weight excluding hydrogens is 284 g/mol. The number of halogens is 1. The Balaban J connectivity index is 2.17. The normalized spacial score (nSPS) is 12.4. The van der Waals surface area contributed by atoms with Crippen LogP contribution >= 0.6 is 11.6 Å². The molecule has 0 saturated carbocycles. The lowest BCUT2D eigenvalue weighted by Crippen LogP contribution is -2.22. The number of rotatable bonds is 5. The molecule has 1 atom stereocenters. The van der Waals surface area contributed by atoms with Gasteiger partial charge in [0.1, 0.15) is 5.75 Å². The summed E-state index contributed by atoms with van der Waals surface area (Å²) < 4.78 is 5.40. The third-order valence-electron chi connectivity index (χ3n) is 3.72. The van der Waals surface area contributed by atoms with Gasteiger partial charge in [0.2, 0.25) is 0 Å². The quantitative estimate of drug-likeness (QED) is 0.844. The number of hydrogen-bond acceptors (Lipinski definition) is 3. The molecule has 0 amide bonds. The number of benzene rings is 2. The molecule has 4 heteroatoms. The van der Waals surface area contributed by atoms with Crippen LogP contribution in [-0.4, -0.2) is 19.1 Å². The van der Waals surface area contributed by atoms with Gasteiger partial charge in [-0.25, -0.2) is 0 Å². The molecule has 2 rings (SSSR count). The lowest BCUT2D eigenvalue weighted by Gasteiger charge is -2.26. The fraction of sp³-hybridized carbons (Fsp3) is 0.294. The summed E-state index contributed by atoms with van der Waals surface area (Å²) in [5.41, 5.74) is 8.88. The molecular formula is C17H21ClN2O. The van der Waals surface area contributed by atoms with Crippen LogP contribution in [0.1, 0.15) is 24.1 Å². The van der Waals surface area contributed by atoms with E-state index in [1.54, 1.807) is 7.11 Å². The molecule has 2 aromatic carbocycles. The van der Waals surface area contributed by atoms with E-state index in [4.69, 9.17) is 22.1 Å². The zero-order valence-corrected chi connectivity index (χ0v) is 13.4. The average Bonchev–Trinajstić information content (AvgIpc) is 2.46. The van der Waals surface area contributed by atoms with Gasteiger partial charge in [-0.1, -0.05) is 23.7 Å². The monoisotopic (exact) mass is 304 g/mol. The molecule has 0 aliphatic rings. The second kappa shape index (κ2) is 6.83. The van der Waals surface area contributed by atoms with Crippen molar-refractivity contribution in [3.63, 3.8) is 0 Å². The van der Waals surface area contributed by atoms with Crippen LogP contribution in [0.2, 0.25) is 5.02 Å². The van der Waals surface area contributed by atoms with Gasteiger partial charge >= 0.3 is 0 Å². The van der Waals surface area contributed by atoms with Crippen LogP contribution in [0.15, 0.2) is 42.5 Å². The predicted octanol–water partition coefficient (Wildman–Crippen LogP) is 4.12. The van der Waals surface area contributed by atoms with Crippen molar-refractivity contribution in [2.75, 3.05) is 19.9 Å². The molecule has 0 fully saturated rings. The van der Waals surface area contributed by atoms with Gasteiger partial charge < -0.3 is 10.5 Å². The number of nitrogens with two attached hydrogens (primary N) is 1. The van der Waals surface area contributed by atoms with Crippen LogP contribution < -0.4 is 10.5 Å². The molecule has 21 heavy (non-hydrogen) atoms. The van der Waals surface area contributed by atoms with Crippen LogP contribution in [0.3, 0.4) is 0 Å². The van der Waals surface area contributed by atoms with Gasteiger partial charge in [0.15, 0.2) is 0 Å². The lowest BCUT2D eigenvalue weighted by atomic mass is 10.1. The van der Waals surface area contributed by atoms with E-state index < -0.39 is 0 Å². The summed E-state index contributed by atoms with van der Waals surface area (Å²) in [6.07, 6.45) is 0. The van der Waals surface area contributed by atoms with Crippen molar-refractivity contribution >= 4 is 17.3 Å². The van der Waals surface area contributed by atoms with Crippen molar-refractivity contribution in [3.05, 3.63) is 58.6 Å². The molecule has 112 valence electrons. The summed E-state index contributed by atoms with van der Waals surface area (Å²) in [5, 5.41) is 0.759. The van der Waals surface area contributed by atoms with Gasteiger partial charge in [-0.3, -0.25) is 4.90 Å². The van der Waals surface area contributed by atoms with Gasteiger partial charge in [0.05, 0.1) is 7.11 Å². The van der Waals surface area contributed by atoms with E-state index in [-0.39, 0.29) is 6.04 Å². The average molecular weight is 305 g/mol. The Morgan fingerprint density at radius 2 is 2.00 bits per heavy atom. The molecule has 0 bridgehead atoms. The van der Waals surface area contributed by atoms with Crippen LogP contribution in [-0.2, 0) is 6.54 Å². The highest BCUT2D eigenvalue weighted by atomic mass is 35.5. The number of methoxy groups -OCH3 is 1. The number of nitrogens with zero attached hydrogens (tertiary/aromatic N) is 1. The Hall–Kier alpha value is -1.71. The van der Waals surface area contributed by atoms with Gasteiger partial charge in [-0.15, -0.1) is 0 Å². The first-order valence-electron chi connectivity index (χ1n) is 6.89.